The summed E-state index contributed by atoms with van der Waals surface area (Å²) in [7, 11) is 2.63. The zero-order valence-corrected chi connectivity index (χ0v) is 14.9. The molecule has 0 unspecified atom stereocenters. The van der Waals surface area contributed by atoms with Gasteiger partial charge in [0.15, 0.2) is 9.84 Å². The van der Waals surface area contributed by atoms with Crippen molar-refractivity contribution in [3.63, 3.8) is 0 Å². The Labute approximate surface area is 129 Å². The fourth-order valence-corrected chi connectivity index (χ4v) is 6.68. The molecule has 2 nitrogen and oxygen atoms in total. The van der Waals surface area contributed by atoms with Crippen LogP contribution in [0.1, 0.15) is 5.56 Å². The molecule has 0 spiro atoms. The summed E-state index contributed by atoms with van der Waals surface area (Å²) < 4.78 is 21.4. The minimum absolute atomic E-state index is 0.892. The van der Waals surface area contributed by atoms with Gasteiger partial charge >= 0.3 is 0 Å². The average Bonchev–Trinajstić information content (AvgIpc) is 2.35. The lowest BCUT2D eigenvalue weighted by molar-refractivity contribution is 0.610. The second-order valence-electron chi connectivity index (χ2n) is 2.82. The van der Waals surface area contributed by atoms with E-state index in [9.17, 15) is 8.42 Å². The van der Waals surface area contributed by atoms with Crippen LogP contribution in [0, 0.1) is 0 Å². The molecule has 0 amide bonds. The van der Waals surface area contributed by atoms with E-state index in [1.165, 1.54) is 47.2 Å². The minimum atomic E-state index is -3.00. The fraction of sp³-hybridized carbons (Fsp3) is 0.111. The molecular weight excluding hydrogens is 365 g/mol. The van der Waals surface area contributed by atoms with Crippen LogP contribution in [0.15, 0.2) is 35.7 Å². The summed E-state index contributed by atoms with van der Waals surface area (Å²) in [4.78, 5) is 0. The molecular formula is C9H10O2S7. The highest BCUT2D eigenvalue weighted by Crippen LogP contribution is 2.01. The molecule has 0 radical (unpaired) electrons. The summed E-state index contributed by atoms with van der Waals surface area (Å²) in [5.41, 5.74) is 0.892. The first-order chi connectivity index (χ1) is 8.49. The maximum Gasteiger partial charge on any atom is 0.168 e. The highest BCUT2D eigenvalue weighted by Gasteiger charge is 1.91. The lowest BCUT2D eigenvalue weighted by Crippen LogP contribution is -1.87. The summed E-state index contributed by atoms with van der Waals surface area (Å²) in [6.07, 6.45) is 2.75. The smallest absolute Gasteiger partial charge is 0.168 e. The van der Waals surface area contributed by atoms with E-state index in [4.69, 9.17) is 0 Å². The summed E-state index contributed by atoms with van der Waals surface area (Å²) >= 11 is 9.03. The van der Waals surface area contributed by atoms with Crippen LogP contribution in [0.5, 0.6) is 0 Å². The second kappa shape index (κ2) is 11.1. The molecule has 1 aromatic carbocycles. The first-order valence-electron chi connectivity index (χ1n) is 4.34. The maximum atomic E-state index is 10.7. The van der Waals surface area contributed by atoms with Crippen molar-refractivity contribution in [2.45, 2.75) is 0 Å². The summed E-state index contributed by atoms with van der Waals surface area (Å²) in [5, 5.41) is 1.20. The molecule has 0 aliphatic carbocycles. The predicted molar refractivity (Wildman–Crippen MR) is 94.5 cm³/mol. The van der Waals surface area contributed by atoms with Gasteiger partial charge in [-0.3, -0.25) is 0 Å². The van der Waals surface area contributed by atoms with Crippen molar-refractivity contribution >= 4 is 73.8 Å². The molecule has 9 heteroatoms. The molecule has 0 atom stereocenters. The van der Waals surface area contributed by atoms with Gasteiger partial charge in [0.05, 0.1) is 0 Å². The Bertz CT molecular complexity index is 619. The van der Waals surface area contributed by atoms with Gasteiger partial charge in [-0.05, 0) is 11.6 Å². The van der Waals surface area contributed by atoms with E-state index in [0.29, 0.717) is 0 Å². The van der Waals surface area contributed by atoms with Gasteiger partial charge in [0.1, 0.15) is 0 Å². The number of rotatable bonds is 2. The molecule has 0 heterocycles. The number of benzene rings is 1. The van der Waals surface area contributed by atoms with Gasteiger partial charge in [-0.1, -0.05) is 30.3 Å². The van der Waals surface area contributed by atoms with Crippen LogP contribution >= 0.6 is 0 Å². The molecule has 18 heavy (non-hydrogen) atoms. The Morgan fingerprint density at radius 2 is 1.56 bits per heavy atom. The lowest BCUT2D eigenvalue weighted by atomic mass is 10.2. The monoisotopic (exact) mass is 374 g/mol. The first kappa shape index (κ1) is 18.2. The van der Waals surface area contributed by atoms with Crippen LogP contribution < -0.4 is 0 Å². The molecule has 0 N–H and O–H groups in total. The van der Waals surface area contributed by atoms with E-state index in [2.05, 4.69) is 22.4 Å². The highest BCUT2D eigenvalue weighted by atomic mass is 33.3. The first-order valence-corrected chi connectivity index (χ1v) is 13.0. The zero-order chi connectivity index (χ0) is 13.9. The topological polar surface area (TPSA) is 34.1 Å². The quantitative estimate of drug-likeness (QED) is 0.789. The van der Waals surface area contributed by atoms with E-state index in [1.54, 1.807) is 6.08 Å². The molecule has 0 aromatic heterocycles. The maximum absolute atomic E-state index is 10.7. The van der Waals surface area contributed by atoms with Gasteiger partial charge in [0, 0.05) is 69.6 Å². The largest absolute Gasteiger partial charge is 0.225 e. The van der Waals surface area contributed by atoms with Crippen LogP contribution in [0.25, 0.3) is 6.08 Å². The molecule has 0 aliphatic rings. The van der Waals surface area contributed by atoms with Gasteiger partial charge in [0.25, 0.3) is 0 Å². The van der Waals surface area contributed by atoms with E-state index < -0.39 is 9.84 Å². The van der Waals surface area contributed by atoms with Crippen molar-refractivity contribution in [3.05, 3.63) is 41.3 Å². The van der Waals surface area contributed by atoms with E-state index in [-0.39, 0.29) is 0 Å². The molecule has 0 fully saturated rings. The van der Waals surface area contributed by atoms with Crippen molar-refractivity contribution in [3.8, 4) is 0 Å². The minimum Gasteiger partial charge on any atom is -0.225 e. The summed E-state index contributed by atoms with van der Waals surface area (Å²) in [5.74, 6) is 0. The van der Waals surface area contributed by atoms with Crippen LogP contribution in [0.2, 0.25) is 0 Å². The normalized spacial score (nSPS) is 10.1. The number of hydrogen-bond acceptors (Lipinski definition) is 4. The van der Waals surface area contributed by atoms with Crippen molar-refractivity contribution in [2.75, 3.05) is 6.26 Å². The molecule has 100 valence electrons. The van der Waals surface area contributed by atoms with Crippen molar-refractivity contribution in [1.82, 2.24) is 0 Å². The lowest BCUT2D eigenvalue weighted by Gasteiger charge is -1.89. The molecule has 0 bridgehead atoms. The van der Waals surface area contributed by atoms with Crippen LogP contribution in [0.3, 0.4) is 0 Å². The zero-order valence-electron chi connectivity index (χ0n) is 9.22. The van der Waals surface area contributed by atoms with Gasteiger partial charge in [-0.2, -0.15) is 0 Å². The van der Waals surface area contributed by atoms with Gasteiger partial charge in [-0.25, -0.2) is 8.42 Å². The van der Waals surface area contributed by atoms with E-state index in [1.807, 2.05) is 30.3 Å². The third-order valence-corrected chi connectivity index (χ3v) is 8.69. The van der Waals surface area contributed by atoms with Crippen molar-refractivity contribution in [1.29, 1.82) is 0 Å². The van der Waals surface area contributed by atoms with Crippen LogP contribution in [0.4, 0.5) is 0 Å². The summed E-state index contributed by atoms with van der Waals surface area (Å²) in [6, 6.07) is 9.31. The molecule has 0 aliphatic heterocycles. The highest BCUT2D eigenvalue weighted by molar-refractivity contribution is 8.64. The summed E-state index contributed by atoms with van der Waals surface area (Å²) in [6.45, 7) is 0. The molecule has 0 saturated carbocycles. The van der Waals surface area contributed by atoms with Gasteiger partial charge < -0.3 is 0 Å². The SMILES string of the molecule is CS(=O)(=O)/C=C/c1ccccc1.S=S=S=S=S=S. The Morgan fingerprint density at radius 3 is 1.94 bits per heavy atom. The van der Waals surface area contributed by atoms with Gasteiger partial charge in [-0.15, -0.1) is 0 Å². The molecule has 1 rings (SSSR count). The van der Waals surface area contributed by atoms with Crippen LogP contribution in [-0.4, -0.2) is 14.7 Å². The Morgan fingerprint density at radius 1 is 1.06 bits per heavy atom. The standard InChI is InChI=1S/C9H10O2S.S6/c1-12(10,11)8-7-9-5-3-2-4-6-9;1-3-5-6-4-2/h2-8H,1H3;/b8-7+;. The fourth-order valence-electron chi connectivity index (χ4n) is 0.789. The molecule has 1 aromatic rings. The third kappa shape index (κ3) is 12.7. The van der Waals surface area contributed by atoms with E-state index >= 15 is 0 Å². The Kier molecular flexibility index (Phi) is 11.2. The Hall–Kier alpha value is 0.230. The van der Waals surface area contributed by atoms with Crippen molar-refractivity contribution in [2.24, 2.45) is 0 Å². The second-order valence-corrected chi connectivity index (χ2v) is 11.8. The number of sulfone groups is 1. The van der Waals surface area contributed by atoms with E-state index in [0.717, 1.165) is 5.56 Å². The van der Waals surface area contributed by atoms with Gasteiger partial charge in [0.2, 0.25) is 0 Å². The van der Waals surface area contributed by atoms with Crippen LogP contribution in [-0.2, 0) is 67.7 Å². The van der Waals surface area contributed by atoms with Crippen molar-refractivity contribution < 1.29 is 8.42 Å². The Balaban J connectivity index is 0.000000411. The molecule has 0 saturated heterocycles. The number of hydrogen-bond donors (Lipinski definition) is 0. The predicted octanol–water partition coefficient (Wildman–Crippen LogP) is 1.69. The third-order valence-electron chi connectivity index (χ3n) is 1.39. The average molecular weight is 375 g/mol.